The van der Waals surface area contributed by atoms with E-state index in [0.29, 0.717) is 19.4 Å². The summed E-state index contributed by atoms with van der Waals surface area (Å²) in [4.78, 5) is 31.3. The molecule has 33 heavy (non-hydrogen) atoms. The zero-order valence-corrected chi connectivity index (χ0v) is 19.3. The number of benzene rings is 1. The van der Waals surface area contributed by atoms with E-state index in [1.54, 1.807) is 0 Å². The lowest BCUT2D eigenvalue weighted by molar-refractivity contribution is -0.125. The van der Waals surface area contributed by atoms with Crippen molar-refractivity contribution in [2.24, 2.45) is 5.92 Å². The number of halogens is 3. The van der Waals surface area contributed by atoms with Crippen molar-refractivity contribution in [1.29, 1.82) is 0 Å². The third kappa shape index (κ3) is 5.01. The first-order chi connectivity index (χ1) is 15.6. The standard InChI is InChI=1S/C22H22ClF2N3O4S/c1-33(31,32)19-7-6-13(11-26-19)22(30)28-8-2-3-18(28)21(29)27-20(12-4-5-12)14-9-17(25)15(23)10-16(14)24/h6-7,9-12,18,20H,2-5,8H2,1H3,(H,27,29)/t18-,20?/m1/s1. The number of likely N-dealkylation sites (tertiary alicyclic amines) is 1. The summed E-state index contributed by atoms with van der Waals surface area (Å²) in [5.41, 5.74) is 0.191. The number of nitrogens with zero attached hydrogens (tertiary/aromatic N) is 2. The number of carbonyl (C=O) groups is 2. The van der Waals surface area contributed by atoms with Gasteiger partial charge in [0.2, 0.25) is 5.91 Å². The van der Waals surface area contributed by atoms with Crippen LogP contribution >= 0.6 is 11.6 Å². The van der Waals surface area contributed by atoms with Gasteiger partial charge in [-0.1, -0.05) is 11.6 Å². The van der Waals surface area contributed by atoms with Crippen LogP contribution in [0.25, 0.3) is 0 Å². The van der Waals surface area contributed by atoms with E-state index in [1.165, 1.54) is 23.2 Å². The van der Waals surface area contributed by atoms with Gasteiger partial charge in [-0.3, -0.25) is 9.59 Å². The number of nitrogens with one attached hydrogen (secondary N) is 1. The molecule has 1 unspecified atom stereocenters. The Balaban J connectivity index is 1.52. The first-order valence-corrected chi connectivity index (χ1v) is 12.7. The van der Waals surface area contributed by atoms with Crippen LogP contribution in [-0.4, -0.2) is 49.0 Å². The molecule has 2 aromatic rings. The van der Waals surface area contributed by atoms with Crippen molar-refractivity contribution in [2.45, 2.75) is 42.8 Å². The lowest BCUT2D eigenvalue weighted by Crippen LogP contribution is -2.47. The Morgan fingerprint density at radius 2 is 1.91 bits per heavy atom. The summed E-state index contributed by atoms with van der Waals surface area (Å²) >= 11 is 5.66. The number of amides is 2. The van der Waals surface area contributed by atoms with Crippen LogP contribution in [0.4, 0.5) is 8.78 Å². The van der Waals surface area contributed by atoms with E-state index in [-0.39, 0.29) is 27.1 Å². The molecule has 1 saturated carbocycles. The number of rotatable bonds is 6. The first-order valence-electron chi connectivity index (χ1n) is 10.5. The molecule has 0 radical (unpaired) electrons. The zero-order chi connectivity index (χ0) is 23.9. The van der Waals surface area contributed by atoms with Gasteiger partial charge < -0.3 is 10.2 Å². The molecule has 1 saturated heterocycles. The summed E-state index contributed by atoms with van der Waals surface area (Å²) in [5, 5.41) is 2.33. The summed E-state index contributed by atoms with van der Waals surface area (Å²) in [6, 6.07) is 3.00. The van der Waals surface area contributed by atoms with Gasteiger partial charge in [-0.05, 0) is 55.9 Å². The minimum Gasteiger partial charge on any atom is -0.347 e. The van der Waals surface area contributed by atoms with Crippen LogP contribution in [0.5, 0.6) is 0 Å². The quantitative estimate of drug-likeness (QED) is 0.618. The van der Waals surface area contributed by atoms with Gasteiger partial charge >= 0.3 is 0 Å². The van der Waals surface area contributed by atoms with Crippen LogP contribution in [0, 0.1) is 17.6 Å². The number of hydrogen-bond acceptors (Lipinski definition) is 5. The fourth-order valence-corrected chi connectivity index (χ4v) is 4.79. The van der Waals surface area contributed by atoms with Gasteiger partial charge in [0.25, 0.3) is 5.91 Å². The van der Waals surface area contributed by atoms with Crippen LogP contribution in [-0.2, 0) is 14.6 Å². The molecule has 1 aliphatic heterocycles. The zero-order valence-electron chi connectivity index (χ0n) is 17.7. The molecule has 1 aromatic carbocycles. The van der Waals surface area contributed by atoms with Gasteiger partial charge in [0.15, 0.2) is 14.9 Å². The van der Waals surface area contributed by atoms with Crippen molar-refractivity contribution in [3.05, 3.63) is 58.2 Å². The molecular formula is C22H22ClF2N3O4S. The predicted molar refractivity (Wildman–Crippen MR) is 116 cm³/mol. The average Bonchev–Trinajstić information content (AvgIpc) is 3.49. The number of aromatic nitrogens is 1. The molecule has 2 amide bonds. The summed E-state index contributed by atoms with van der Waals surface area (Å²) in [7, 11) is -3.51. The highest BCUT2D eigenvalue weighted by Crippen LogP contribution is 2.42. The van der Waals surface area contributed by atoms with Gasteiger partial charge in [-0.15, -0.1) is 0 Å². The lowest BCUT2D eigenvalue weighted by atomic mass is 10.0. The molecule has 2 atom stereocenters. The smallest absolute Gasteiger partial charge is 0.256 e. The van der Waals surface area contributed by atoms with E-state index >= 15 is 0 Å². The summed E-state index contributed by atoms with van der Waals surface area (Å²) in [5.74, 6) is -2.40. The Hall–Kier alpha value is -2.59. The maximum absolute atomic E-state index is 14.5. The SMILES string of the molecule is CS(=O)(=O)c1ccc(C(=O)N2CCC[C@@H]2C(=O)NC(c2cc(F)c(Cl)cc2F)C2CC2)cn1. The van der Waals surface area contributed by atoms with Crippen LogP contribution in [0.15, 0.2) is 35.5 Å². The van der Waals surface area contributed by atoms with Crippen molar-refractivity contribution in [1.82, 2.24) is 15.2 Å². The molecule has 1 aromatic heterocycles. The Labute approximate surface area is 195 Å². The molecule has 0 bridgehead atoms. The molecule has 2 aliphatic rings. The average molecular weight is 498 g/mol. The van der Waals surface area contributed by atoms with E-state index < -0.39 is 45.4 Å². The molecular weight excluding hydrogens is 476 g/mol. The van der Waals surface area contributed by atoms with Crippen molar-refractivity contribution in [3.8, 4) is 0 Å². The van der Waals surface area contributed by atoms with E-state index in [4.69, 9.17) is 11.6 Å². The molecule has 4 rings (SSSR count). The minimum absolute atomic E-state index is 0.0256. The van der Waals surface area contributed by atoms with Gasteiger partial charge in [-0.2, -0.15) is 0 Å². The molecule has 2 heterocycles. The van der Waals surface area contributed by atoms with Crippen LogP contribution in [0.3, 0.4) is 0 Å². The highest BCUT2D eigenvalue weighted by Gasteiger charge is 2.40. The Morgan fingerprint density at radius 3 is 2.52 bits per heavy atom. The van der Waals surface area contributed by atoms with Crippen molar-refractivity contribution < 1.29 is 26.8 Å². The number of pyridine rings is 1. The molecule has 176 valence electrons. The molecule has 2 fully saturated rings. The number of carbonyl (C=O) groups excluding carboxylic acids is 2. The Morgan fingerprint density at radius 1 is 1.18 bits per heavy atom. The van der Waals surface area contributed by atoms with Crippen LogP contribution < -0.4 is 5.32 Å². The second kappa shape index (κ2) is 8.98. The van der Waals surface area contributed by atoms with E-state index in [9.17, 15) is 26.8 Å². The topological polar surface area (TPSA) is 96.4 Å². The van der Waals surface area contributed by atoms with Crippen LogP contribution in [0.1, 0.15) is 47.6 Å². The Bertz CT molecular complexity index is 1200. The fraction of sp³-hybridized carbons (Fsp3) is 0.409. The lowest BCUT2D eigenvalue weighted by Gasteiger charge is -2.27. The van der Waals surface area contributed by atoms with Gasteiger partial charge in [0.05, 0.1) is 16.6 Å². The van der Waals surface area contributed by atoms with Gasteiger partial charge in [-0.25, -0.2) is 22.2 Å². The van der Waals surface area contributed by atoms with Crippen LogP contribution in [0.2, 0.25) is 5.02 Å². The maximum atomic E-state index is 14.5. The highest BCUT2D eigenvalue weighted by molar-refractivity contribution is 7.90. The highest BCUT2D eigenvalue weighted by atomic mass is 35.5. The number of sulfone groups is 1. The predicted octanol–water partition coefficient (Wildman–Crippen LogP) is 3.29. The third-order valence-electron chi connectivity index (χ3n) is 5.95. The molecule has 7 nitrogen and oxygen atoms in total. The molecule has 1 N–H and O–H groups in total. The molecule has 1 aliphatic carbocycles. The molecule has 0 spiro atoms. The second-order valence-corrected chi connectivity index (χ2v) is 10.8. The third-order valence-corrected chi connectivity index (χ3v) is 7.24. The van der Waals surface area contributed by atoms with E-state index in [1.807, 2.05) is 0 Å². The largest absolute Gasteiger partial charge is 0.347 e. The van der Waals surface area contributed by atoms with Crippen molar-refractivity contribution in [3.63, 3.8) is 0 Å². The summed E-state index contributed by atoms with van der Waals surface area (Å²) in [6.45, 7) is 0.336. The number of hydrogen-bond donors (Lipinski definition) is 1. The minimum atomic E-state index is -3.51. The monoisotopic (exact) mass is 497 g/mol. The van der Waals surface area contributed by atoms with E-state index in [0.717, 1.165) is 31.2 Å². The maximum Gasteiger partial charge on any atom is 0.256 e. The van der Waals surface area contributed by atoms with Gasteiger partial charge in [0.1, 0.15) is 17.7 Å². The first kappa shape index (κ1) is 23.6. The summed E-state index contributed by atoms with van der Waals surface area (Å²) in [6.07, 6.45) is 4.73. The van der Waals surface area contributed by atoms with Crippen molar-refractivity contribution >= 4 is 33.3 Å². The Kier molecular flexibility index (Phi) is 6.41. The fourth-order valence-electron chi connectivity index (χ4n) is 4.08. The summed E-state index contributed by atoms with van der Waals surface area (Å²) < 4.78 is 51.7. The van der Waals surface area contributed by atoms with E-state index in [2.05, 4.69) is 10.3 Å². The second-order valence-electron chi connectivity index (χ2n) is 8.43. The normalized spacial score (nSPS) is 19.4. The van der Waals surface area contributed by atoms with Gasteiger partial charge in [0, 0.05) is 24.6 Å². The molecule has 11 heteroatoms. The van der Waals surface area contributed by atoms with Crippen molar-refractivity contribution in [2.75, 3.05) is 12.8 Å².